The highest BCUT2D eigenvalue weighted by molar-refractivity contribution is 5.66. The van der Waals surface area contributed by atoms with Crippen LogP contribution in [-0.2, 0) is 0 Å². The normalized spacial score (nSPS) is 19.9. The van der Waals surface area contributed by atoms with Crippen LogP contribution in [0.15, 0.2) is 71.4 Å². The third kappa shape index (κ3) is 3.72. The van der Waals surface area contributed by atoms with Gasteiger partial charge < -0.3 is 0 Å². The highest BCUT2D eigenvalue weighted by atomic mass is 14.3. The summed E-state index contributed by atoms with van der Waals surface area (Å²) in [7, 11) is 0. The smallest absolute Gasteiger partial charge is 0.00700 e. The van der Waals surface area contributed by atoms with E-state index >= 15 is 0 Å². The number of fused-ring (bicyclic) bond motifs is 1. The summed E-state index contributed by atoms with van der Waals surface area (Å²) in [6.45, 7) is 20.2. The van der Waals surface area contributed by atoms with Crippen molar-refractivity contribution in [1.29, 1.82) is 0 Å². The summed E-state index contributed by atoms with van der Waals surface area (Å²) >= 11 is 0. The molecule has 0 heterocycles. The van der Waals surface area contributed by atoms with E-state index in [1.807, 2.05) is 39.8 Å². The lowest BCUT2D eigenvalue weighted by atomic mass is 9.96. The lowest BCUT2D eigenvalue weighted by Gasteiger charge is -2.08. The molecule has 0 saturated heterocycles. The zero-order valence-electron chi connectivity index (χ0n) is 14.1. The molecule has 2 aliphatic rings. The van der Waals surface area contributed by atoms with Crippen LogP contribution < -0.4 is 0 Å². The zero-order valence-corrected chi connectivity index (χ0v) is 14.1. The highest BCUT2D eigenvalue weighted by Gasteiger charge is 2.27. The molecule has 0 nitrogen and oxygen atoms in total. The molecule has 0 aliphatic heterocycles. The Balaban J connectivity index is 0.000000829. The molecule has 2 aliphatic carbocycles. The van der Waals surface area contributed by atoms with Crippen LogP contribution in [0.2, 0.25) is 0 Å². The molecule has 0 aromatic rings. The molecule has 1 unspecified atom stereocenters. The van der Waals surface area contributed by atoms with Gasteiger partial charge in [-0.15, -0.1) is 0 Å². The standard InChI is InChI=1S/C16H18.2C2H6/c1-5-13-12(4)15-9-7-11(3)8-10-16(15)14(13)6-2;2*1-2/h5-6,8-10,12H,1-2,7H2,3-4H3;2*1-2H3. The third-order valence-corrected chi connectivity index (χ3v) is 3.45. The largest absolute Gasteiger partial charge is 0.0987 e. The zero-order chi connectivity index (χ0) is 15.7. The van der Waals surface area contributed by atoms with E-state index < -0.39 is 0 Å². The van der Waals surface area contributed by atoms with Gasteiger partial charge in [0, 0.05) is 5.92 Å². The maximum absolute atomic E-state index is 3.92. The minimum absolute atomic E-state index is 0.455. The lowest BCUT2D eigenvalue weighted by Crippen LogP contribution is -1.94. The Labute approximate surface area is 126 Å². The molecule has 110 valence electrons. The fourth-order valence-electron chi connectivity index (χ4n) is 2.50. The van der Waals surface area contributed by atoms with Crippen molar-refractivity contribution in [2.75, 3.05) is 0 Å². The van der Waals surface area contributed by atoms with Crippen molar-refractivity contribution >= 4 is 0 Å². The summed E-state index contributed by atoms with van der Waals surface area (Å²) in [6.07, 6.45) is 11.7. The molecular weight excluding hydrogens is 240 g/mol. The van der Waals surface area contributed by atoms with Gasteiger partial charge in [0.05, 0.1) is 0 Å². The Bertz CT molecular complexity index is 464. The van der Waals surface area contributed by atoms with Crippen molar-refractivity contribution in [3.8, 4) is 0 Å². The van der Waals surface area contributed by atoms with E-state index in [-0.39, 0.29) is 0 Å². The molecule has 0 heteroatoms. The van der Waals surface area contributed by atoms with Crippen LogP contribution in [0.5, 0.6) is 0 Å². The minimum atomic E-state index is 0.455. The monoisotopic (exact) mass is 270 g/mol. The van der Waals surface area contributed by atoms with Crippen LogP contribution in [0, 0.1) is 5.92 Å². The fourth-order valence-corrected chi connectivity index (χ4v) is 2.50. The highest BCUT2D eigenvalue weighted by Crippen LogP contribution is 2.43. The molecule has 0 aromatic heterocycles. The van der Waals surface area contributed by atoms with E-state index in [9.17, 15) is 0 Å². The van der Waals surface area contributed by atoms with Crippen molar-refractivity contribution in [3.05, 3.63) is 71.4 Å². The predicted octanol–water partition coefficient (Wildman–Crippen LogP) is 6.56. The van der Waals surface area contributed by atoms with Gasteiger partial charge in [-0.05, 0) is 35.6 Å². The van der Waals surface area contributed by atoms with Gasteiger partial charge in [0.25, 0.3) is 0 Å². The van der Waals surface area contributed by atoms with Gasteiger partial charge in [-0.3, -0.25) is 0 Å². The molecule has 0 aromatic carbocycles. The first-order valence-corrected chi connectivity index (χ1v) is 7.76. The molecule has 0 radical (unpaired) electrons. The number of hydrogen-bond donors (Lipinski definition) is 0. The Morgan fingerprint density at radius 3 is 2.15 bits per heavy atom. The van der Waals surface area contributed by atoms with Gasteiger partial charge in [0.1, 0.15) is 0 Å². The third-order valence-electron chi connectivity index (χ3n) is 3.45. The molecule has 20 heavy (non-hydrogen) atoms. The maximum atomic E-state index is 3.92. The van der Waals surface area contributed by atoms with Crippen LogP contribution in [-0.4, -0.2) is 0 Å². The SMILES string of the molecule is C=CC1=C(C=C)C(C)C2=CCC(C)=CC=C21.CC.CC. The van der Waals surface area contributed by atoms with Crippen molar-refractivity contribution < 1.29 is 0 Å². The Kier molecular flexibility index (Phi) is 8.63. The summed E-state index contributed by atoms with van der Waals surface area (Å²) in [5.74, 6) is 0.455. The number of rotatable bonds is 2. The average Bonchev–Trinajstić information content (AvgIpc) is 2.63. The number of allylic oxidation sites excluding steroid dienone is 10. The molecule has 0 fully saturated rings. The summed E-state index contributed by atoms with van der Waals surface area (Å²) < 4.78 is 0. The minimum Gasteiger partial charge on any atom is -0.0987 e. The van der Waals surface area contributed by atoms with Gasteiger partial charge in [0.15, 0.2) is 0 Å². The topological polar surface area (TPSA) is 0 Å². The van der Waals surface area contributed by atoms with Crippen molar-refractivity contribution in [2.24, 2.45) is 5.92 Å². The van der Waals surface area contributed by atoms with Gasteiger partial charge in [-0.1, -0.05) is 83.7 Å². The van der Waals surface area contributed by atoms with Gasteiger partial charge in [-0.25, -0.2) is 0 Å². The lowest BCUT2D eigenvalue weighted by molar-refractivity contribution is 0.863. The molecular formula is C20H30. The molecule has 1 atom stereocenters. The van der Waals surface area contributed by atoms with E-state index in [0.29, 0.717) is 5.92 Å². The van der Waals surface area contributed by atoms with Gasteiger partial charge in [0.2, 0.25) is 0 Å². The van der Waals surface area contributed by atoms with Gasteiger partial charge in [-0.2, -0.15) is 0 Å². The first-order valence-electron chi connectivity index (χ1n) is 7.76. The van der Waals surface area contributed by atoms with Crippen LogP contribution in [0.25, 0.3) is 0 Å². The number of hydrogen-bond acceptors (Lipinski definition) is 0. The fraction of sp³-hybridized carbons (Fsp3) is 0.400. The second-order valence-corrected chi connectivity index (χ2v) is 4.46. The molecule has 0 bridgehead atoms. The molecule has 0 saturated carbocycles. The molecule has 0 amide bonds. The van der Waals surface area contributed by atoms with Crippen LogP contribution >= 0.6 is 0 Å². The Morgan fingerprint density at radius 1 is 1.05 bits per heavy atom. The Morgan fingerprint density at radius 2 is 1.65 bits per heavy atom. The average molecular weight is 270 g/mol. The van der Waals surface area contributed by atoms with E-state index in [4.69, 9.17) is 0 Å². The van der Waals surface area contributed by atoms with E-state index in [0.717, 1.165) is 6.42 Å². The van der Waals surface area contributed by atoms with Crippen LogP contribution in [0.1, 0.15) is 48.0 Å². The summed E-state index contributed by atoms with van der Waals surface area (Å²) in [4.78, 5) is 0. The first kappa shape index (κ1) is 18.4. The van der Waals surface area contributed by atoms with Crippen LogP contribution in [0.4, 0.5) is 0 Å². The van der Waals surface area contributed by atoms with Crippen LogP contribution in [0.3, 0.4) is 0 Å². The summed E-state index contributed by atoms with van der Waals surface area (Å²) in [6, 6.07) is 0. The van der Waals surface area contributed by atoms with Gasteiger partial charge >= 0.3 is 0 Å². The maximum Gasteiger partial charge on any atom is 0.00700 e. The molecule has 0 N–H and O–H groups in total. The second kappa shape index (κ2) is 9.36. The predicted molar refractivity (Wildman–Crippen MR) is 93.8 cm³/mol. The second-order valence-electron chi connectivity index (χ2n) is 4.46. The summed E-state index contributed by atoms with van der Waals surface area (Å²) in [5.41, 5.74) is 6.72. The van der Waals surface area contributed by atoms with Crippen molar-refractivity contribution in [2.45, 2.75) is 48.0 Å². The van der Waals surface area contributed by atoms with E-state index in [2.05, 4.69) is 45.2 Å². The first-order chi connectivity index (χ1) is 9.69. The molecule has 0 spiro atoms. The van der Waals surface area contributed by atoms with Crippen molar-refractivity contribution in [3.63, 3.8) is 0 Å². The Hall–Kier alpha value is -1.56. The summed E-state index contributed by atoms with van der Waals surface area (Å²) in [5, 5.41) is 0. The van der Waals surface area contributed by atoms with Crippen molar-refractivity contribution in [1.82, 2.24) is 0 Å². The van der Waals surface area contributed by atoms with E-state index in [1.165, 1.54) is 27.9 Å². The van der Waals surface area contributed by atoms with E-state index in [1.54, 1.807) is 0 Å². The molecule has 2 rings (SSSR count). The quantitative estimate of drug-likeness (QED) is 0.533.